The van der Waals surface area contributed by atoms with Crippen molar-refractivity contribution in [2.75, 3.05) is 22.5 Å². The molecule has 0 saturated carbocycles. The van der Waals surface area contributed by atoms with E-state index in [2.05, 4.69) is 25.9 Å². The summed E-state index contributed by atoms with van der Waals surface area (Å²) in [6.45, 7) is 0.503. The van der Waals surface area contributed by atoms with Crippen LogP contribution >= 0.6 is 15.9 Å². The van der Waals surface area contributed by atoms with E-state index in [-0.39, 0.29) is 28.9 Å². The molecule has 0 spiro atoms. The number of nitrogens with two attached hydrogens (primary N) is 1. The number of halogens is 1. The van der Waals surface area contributed by atoms with Crippen molar-refractivity contribution in [3.63, 3.8) is 0 Å². The fourth-order valence-corrected chi connectivity index (χ4v) is 2.20. The summed E-state index contributed by atoms with van der Waals surface area (Å²) < 4.78 is 0. The molecule has 2 rings (SSSR count). The quantitative estimate of drug-likeness (QED) is 0.755. The van der Waals surface area contributed by atoms with Gasteiger partial charge in [-0.2, -0.15) is 0 Å². The third kappa shape index (κ3) is 1.82. The Kier molecular flexibility index (Phi) is 2.95. The van der Waals surface area contributed by atoms with E-state index in [9.17, 15) is 9.59 Å². The smallest absolute Gasteiger partial charge is 0.276 e. The molecule has 1 amide bonds. The van der Waals surface area contributed by atoms with Gasteiger partial charge in [0.05, 0.1) is 6.33 Å². The lowest BCUT2D eigenvalue weighted by atomic mass is 10.2. The maximum atomic E-state index is 11.7. The van der Waals surface area contributed by atoms with Crippen LogP contribution in [-0.2, 0) is 4.79 Å². The molecule has 16 heavy (non-hydrogen) atoms. The van der Waals surface area contributed by atoms with Gasteiger partial charge in [0.25, 0.3) is 5.56 Å². The van der Waals surface area contributed by atoms with Gasteiger partial charge in [-0.3, -0.25) is 9.59 Å². The van der Waals surface area contributed by atoms with Crippen LogP contribution in [0.4, 0.5) is 11.5 Å². The molecule has 1 aromatic heterocycles. The zero-order chi connectivity index (χ0) is 11.7. The third-order valence-electron chi connectivity index (χ3n) is 2.55. The summed E-state index contributed by atoms with van der Waals surface area (Å²) in [5, 5.41) is 0.729. The lowest BCUT2D eigenvalue weighted by Gasteiger charge is -2.16. The highest BCUT2D eigenvalue weighted by Crippen LogP contribution is 2.25. The second-order valence-electron chi connectivity index (χ2n) is 3.69. The Morgan fingerprint density at radius 1 is 1.62 bits per heavy atom. The first-order valence-electron chi connectivity index (χ1n) is 4.83. The number of hydrogen-bond acceptors (Lipinski definition) is 4. The Labute approximate surface area is 100.0 Å². The minimum Gasteiger partial charge on any atom is -0.382 e. The molecule has 1 aromatic rings. The molecule has 1 aliphatic rings. The number of H-pyrrole nitrogens is 1. The summed E-state index contributed by atoms with van der Waals surface area (Å²) >= 11 is 3.33. The molecule has 7 heteroatoms. The number of rotatable bonds is 2. The SMILES string of the molecule is Nc1nc[nH]c(=O)c1N1CC(CBr)CC1=O. The average molecular weight is 287 g/mol. The summed E-state index contributed by atoms with van der Waals surface area (Å²) in [4.78, 5) is 30.9. The number of carbonyl (C=O) groups is 1. The number of anilines is 2. The molecule has 1 aliphatic heterocycles. The zero-order valence-corrected chi connectivity index (χ0v) is 10.0. The maximum absolute atomic E-state index is 11.7. The number of nitrogen functional groups attached to an aromatic ring is 1. The van der Waals surface area contributed by atoms with Crippen LogP contribution in [0.5, 0.6) is 0 Å². The molecule has 1 saturated heterocycles. The molecule has 0 aromatic carbocycles. The van der Waals surface area contributed by atoms with Gasteiger partial charge in [0, 0.05) is 18.3 Å². The highest BCUT2D eigenvalue weighted by Gasteiger charge is 2.32. The van der Waals surface area contributed by atoms with Crippen molar-refractivity contribution < 1.29 is 4.79 Å². The van der Waals surface area contributed by atoms with Crippen molar-refractivity contribution in [2.24, 2.45) is 5.92 Å². The summed E-state index contributed by atoms with van der Waals surface area (Å²) in [6, 6.07) is 0. The first kappa shape index (κ1) is 11.1. The fourth-order valence-electron chi connectivity index (χ4n) is 1.77. The number of nitrogens with one attached hydrogen (secondary N) is 1. The zero-order valence-electron chi connectivity index (χ0n) is 8.44. The van der Waals surface area contributed by atoms with E-state index in [0.29, 0.717) is 13.0 Å². The van der Waals surface area contributed by atoms with Crippen LogP contribution < -0.4 is 16.2 Å². The predicted octanol–water partition coefficient (Wildman–Crippen LogP) is 0.0999. The molecular weight excluding hydrogens is 276 g/mol. The number of nitrogens with zero attached hydrogens (tertiary/aromatic N) is 2. The fraction of sp³-hybridized carbons (Fsp3) is 0.444. The minimum absolute atomic E-state index is 0.0883. The lowest BCUT2D eigenvalue weighted by molar-refractivity contribution is -0.117. The van der Waals surface area contributed by atoms with Crippen LogP contribution in [0.3, 0.4) is 0 Å². The predicted molar refractivity (Wildman–Crippen MR) is 63.5 cm³/mol. The number of aromatic nitrogens is 2. The second kappa shape index (κ2) is 4.25. The second-order valence-corrected chi connectivity index (χ2v) is 4.34. The largest absolute Gasteiger partial charge is 0.382 e. The Balaban J connectivity index is 2.39. The van der Waals surface area contributed by atoms with Crippen molar-refractivity contribution >= 4 is 33.3 Å². The van der Waals surface area contributed by atoms with E-state index in [0.717, 1.165) is 5.33 Å². The Bertz CT molecular complexity index is 473. The first-order valence-corrected chi connectivity index (χ1v) is 5.95. The van der Waals surface area contributed by atoms with Crippen LogP contribution in [-0.4, -0.2) is 27.7 Å². The first-order chi connectivity index (χ1) is 7.63. The number of aromatic amines is 1. The highest BCUT2D eigenvalue weighted by molar-refractivity contribution is 9.09. The molecule has 2 heterocycles. The third-order valence-corrected chi connectivity index (χ3v) is 3.47. The summed E-state index contributed by atoms with van der Waals surface area (Å²) in [5.41, 5.74) is 5.40. The highest BCUT2D eigenvalue weighted by atomic mass is 79.9. The Morgan fingerprint density at radius 3 is 2.94 bits per heavy atom. The molecular formula is C9H11BrN4O2. The summed E-state index contributed by atoms with van der Waals surface area (Å²) in [6.07, 6.45) is 1.66. The van der Waals surface area contributed by atoms with Gasteiger partial charge in [-0.05, 0) is 5.92 Å². The summed E-state index contributed by atoms with van der Waals surface area (Å²) in [5.74, 6) is 0.216. The van der Waals surface area contributed by atoms with Crippen molar-refractivity contribution in [1.82, 2.24) is 9.97 Å². The Hall–Kier alpha value is -1.37. The lowest BCUT2D eigenvalue weighted by Crippen LogP contribution is -2.32. The number of hydrogen-bond donors (Lipinski definition) is 2. The molecule has 0 aliphatic carbocycles. The molecule has 1 unspecified atom stereocenters. The average Bonchev–Trinajstić information content (AvgIpc) is 2.60. The van der Waals surface area contributed by atoms with E-state index in [4.69, 9.17) is 5.73 Å². The van der Waals surface area contributed by atoms with Gasteiger partial charge in [0.15, 0.2) is 11.5 Å². The van der Waals surface area contributed by atoms with Gasteiger partial charge in [0.2, 0.25) is 5.91 Å². The van der Waals surface area contributed by atoms with Gasteiger partial charge < -0.3 is 15.6 Å². The van der Waals surface area contributed by atoms with Crippen LogP contribution in [0.15, 0.2) is 11.1 Å². The number of amides is 1. The molecule has 3 N–H and O–H groups in total. The van der Waals surface area contributed by atoms with Crippen molar-refractivity contribution in [3.05, 3.63) is 16.7 Å². The van der Waals surface area contributed by atoms with Crippen LogP contribution in [0.25, 0.3) is 0 Å². The van der Waals surface area contributed by atoms with Crippen molar-refractivity contribution in [3.8, 4) is 0 Å². The molecule has 86 valence electrons. The number of alkyl halides is 1. The summed E-state index contributed by atoms with van der Waals surface area (Å²) in [7, 11) is 0. The van der Waals surface area contributed by atoms with Crippen molar-refractivity contribution in [1.29, 1.82) is 0 Å². The van der Waals surface area contributed by atoms with Gasteiger partial charge in [-0.25, -0.2) is 4.98 Å². The van der Waals surface area contributed by atoms with Gasteiger partial charge in [-0.15, -0.1) is 0 Å². The standard InChI is InChI=1S/C9H11BrN4O2/c10-2-5-1-6(15)14(3-5)7-8(11)12-4-13-9(7)16/h4-5H,1-3H2,(H3,11,12,13,16). The monoisotopic (exact) mass is 286 g/mol. The van der Waals surface area contributed by atoms with Gasteiger partial charge in [-0.1, -0.05) is 15.9 Å². The molecule has 1 fully saturated rings. The topological polar surface area (TPSA) is 92.1 Å². The van der Waals surface area contributed by atoms with Crippen LogP contribution in [0.1, 0.15) is 6.42 Å². The minimum atomic E-state index is -0.379. The molecule has 0 bridgehead atoms. The molecule has 1 atom stereocenters. The van der Waals surface area contributed by atoms with E-state index in [1.807, 2.05) is 0 Å². The van der Waals surface area contributed by atoms with Crippen LogP contribution in [0, 0.1) is 5.92 Å². The van der Waals surface area contributed by atoms with Crippen LogP contribution in [0.2, 0.25) is 0 Å². The Morgan fingerprint density at radius 2 is 2.38 bits per heavy atom. The normalized spacial score (nSPS) is 20.4. The van der Waals surface area contributed by atoms with E-state index in [1.54, 1.807) is 0 Å². The number of carbonyl (C=O) groups excluding carboxylic acids is 1. The van der Waals surface area contributed by atoms with Gasteiger partial charge in [0.1, 0.15) is 0 Å². The molecule has 6 nitrogen and oxygen atoms in total. The molecule has 0 radical (unpaired) electrons. The van der Waals surface area contributed by atoms with Gasteiger partial charge >= 0.3 is 0 Å². The van der Waals surface area contributed by atoms with Crippen molar-refractivity contribution in [2.45, 2.75) is 6.42 Å². The van der Waals surface area contributed by atoms with E-state index < -0.39 is 0 Å². The van der Waals surface area contributed by atoms with E-state index in [1.165, 1.54) is 11.2 Å². The maximum Gasteiger partial charge on any atom is 0.276 e. The van der Waals surface area contributed by atoms with E-state index >= 15 is 0 Å².